The van der Waals surface area contributed by atoms with E-state index in [1.807, 2.05) is 0 Å². The first-order chi connectivity index (χ1) is 4.00. The zero-order chi connectivity index (χ0) is 7.49. The summed E-state index contributed by atoms with van der Waals surface area (Å²) in [4.78, 5) is 0. The zero-order valence-corrected chi connectivity index (χ0v) is 6.41. The van der Waals surface area contributed by atoms with Gasteiger partial charge in [-0.05, 0) is 13.8 Å². The van der Waals surface area contributed by atoms with Gasteiger partial charge in [0.05, 0.1) is 11.0 Å². The van der Waals surface area contributed by atoms with Gasteiger partial charge in [-0.25, -0.2) is 12.8 Å². The molecule has 0 aromatic rings. The summed E-state index contributed by atoms with van der Waals surface area (Å²) in [5.74, 6) is -0.343. The van der Waals surface area contributed by atoms with E-state index in [0.29, 0.717) is 0 Å². The second kappa shape index (κ2) is 3.15. The predicted molar refractivity (Wildman–Crippen MR) is 34.9 cm³/mol. The molecule has 0 N–H and O–H groups in total. The normalized spacial score (nSPS) is 12.4. The number of halogens is 1. The molecule has 0 radical (unpaired) electrons. The van der Waals surface area contributed by atoms with Crippen LogP contribution in [0.1, 0.15) is 13.8 Å². The van der Waals surface area contributed by atoms with E-state index in [9.17, 15) is 12.8 Å². The van der Waals surface area contributed by atoms with Crippen LogP contribution in [0.3, 0.4) is 0 Å². The van der Waals surface area contributed by atoms with Gasteiger partial charge in [-0.3, -0.25) is 0 Å². The van der Waals surface area contributed by atoms with Crippen molar-refractivity contribution in [3.8, 4) is 0 Å². The van der Waals surface area contributed by atoms with Crippen LogP contribution in [-0.2, 0) is 9.84 Å². The Morgan fingerprint density at radius 2 is 1.89 bits per heavy atom. The molecule has 0 bridgehead atoms. The summed E-state index contributed by atoms with van der Waals surface area (Å²) >= 11 is 0. The summed E-state index contributed by atoms with van der Waals surface area (Å²) < 4.78 is 32.9. The summed E-state index contributed by atoms with van der Waals surface area (Å²) in [6.45, 7) is 2.32. The van der Waals surface area contributed by atoms with Gasteiger partial charge in [0.25, 0.3) is 0 Å². The van der Waals surface area contributed by atoms with Crippen molar-refractivity contribution in [2.45, 2.75) is 19.1 Å². The molecule has 0 amide bonds. The van der Waals surface area contributed by atoms with Crippen molar-refractivity contribution in [2.24, 2.45) is 0 Å². The van der Waals surface area contributed by atoms with Gasteiger partial charge < -0.3 is 0 Å². The highest BCUT2D eigenvalue weighted by molar-refractivity contribution is 7.91. The highest BCUT2D eigenvalue weighted by atomic mass is 32.2. The maximum Gasteiger partial charge on any atom is 0.155 e. The van der Waals surface area contributed by atoms with Gasteiger partial charge in [0.2, 0.25) is 0 Å². The largest absolute Gasteiger partial charge is 0.250 e. The van der Waals surface area contributed by atoms with E-state index in [-0.39, 0.29) is 5.75 Å². The molecule has 0 fully saturated rings. The van der Waals surface area contributed by atoms with Crippen LogP contribution >= 0.6 is 0 Å². The summed E-state index contributed by atoms with van der Waals surface area (Å²) in [7, 11) is -3.12. The molecule has 56 valence electrons. The second-order valence-corrected chi connectivity index (χ2v) is 4.78. The van der Waals surface area contributed by atoms with Crippen LogP contribution in [0.15, 0.2) is 0 Å². The first-order valence-electron chi connectivity index (χ1n) is 2.78. The number of alkyl halides is 1. The standard InChI is InChI=1S/C5H11FO2S/c1-5(2)9(7,8)4-3-6/h5H,3-4H2,1-2H3. The second-order valence-electron chi connectivity index (χ2n) is 2.10. The monoisotopic (exact) mass is 154 g/mol. The third-order valence-electron chi connectivity index (χ3n) is 1.08. The van der Waals surface area contributed by atoms with Crippen LogP contribution in [0.5, 0.6) is 0 Å². The molecule has 2 nitrogen and oxygen atoms in total. The molecule has 0 heterocycles. The number of rotatable bonds is 3. The Balaban J connectivity index is 4.05. The van der Waals surface area contributed by atoms with Crippen molar-refractivity contribution < 1.29 is 12.8 Å². The lowest BCUT2D eigenvalue weighted by Gasteiger charge is -2.02. The minimum Gasteiger partial charge on any atom is -0.250 e. The lowest BCUT2D eigenvalue weighted by Crippen LogP contribution is -2.18. The first kappa shape index (κ1) is 8.88. The minimum atomic E-state index is -3.12. The minimum absolute atomic E-state index is 0.343. The molecule has 0 rings (SSSR count). The molecular weight excluding hydrogens is 143 g/mol. The van der Waals surface area contributed by atoms with Crippen LogP contribution in [0.25, 0.3) is 0 Å². The molecule has 0 aliphatic heterocycles. The molecule has 0 aromatic heterocycles. The SMILES string of the molecule is CC(C)S(=O)(=O)CCF. The maximum atomic E-state index is 11.5. The quantitative estimate of drug-likeness (QED) is 0.602. The summed E-state index contributed by atoms with van der Waals surface area (Å²) in [5, 5.41) is -0.451. The van der Waals surface area contributed by atoms with E-state index < -0.39 is 21.8 Å². The van der Waals surface area contributed by atoms with E-state index in [4.69, 9.17) is 0 Å². The van der Waals surface area contributed by atoms with Crippen molar-refractivity contribution in [1.82, 2.24) is 0 Å². The Morgan fingerprint density at radius 1 is 1.44 bits per heavy atom. The van der Waals surface area contributed by atoms with Crippen molar-refractivity contribution in [3.63, 3.8) is 0 Å². The topological polar surface area (TPSA) is 34.1 Å². The van der Waals surface area contributed by atoms with E-state index in [1.54, 1.807) is 13.8 Å². The molecular formula is C5H11FO2S. The summed E-state index contributed by atoms with van der Waals surface area (Å²) in [6, 6.07) is 0. The lowest BCUT2D eigenvalue weighted by atomic mass is 10.6. The fourth-order valence-corrected chi connectivity index (χ4v) is 1.03. The van der Waals surface area contributed by atoms with E-state index >= 15 is 0 Å². The van der Waals surface area contributed by atoms with E-state index in [1.165, 1.54) is 0 Å². The third kappa shape index (κ3) is 2.79. The van der Waals surface area contributed by atoms with Gasteiger partial charge in [0.15, 0.2) is 9.84 Å². The van der Waals surface area contributed by atoms with Crippen molar-refractivity contribution in [3.05, 3.63) is 0 Å². The molecule has 0 saturated heterocycles. The van der Waals surface area contributed by atoms with Crippen LogP contribution in [0, 0.1) is 0 Å². The smallest absolute Gasteiger partial charge is 0.155 e. The molecule has 0 aliphatic rings. The van der Waals surface area contributed by atoms with Crippen LogP contribution in [0.2, 0.25) is 0 Å². The average molecular weight is 154 g/mol. The molecule has 0 unspecified atom stereocenters. The van der Waals surface area contributed by atoms with E-state index in [0.717, 1.165) is 0 Å². The molecule has 0 aliphatic carbocycles. The highest BCUT2D eigenvalue weighted by Crippen LogP contribution is 1.99. The summed E-state index contributed by atoms with van der Waals surface area (Å²) in [6.07, 6.45) is 0. The first-order valence-corrected chi connectivity index (χ1v) is 4.50. The summed E-state index contributed by atoms with van der Waals surface area (Å²) in [5.41, 5.74) is 0. The molecule has 4 heteroatoms. The Bertz CT molecular complexity index is 160. The molecule has 9 heavy (non-hydrogen) atoms. The molecule has 0 atom stereocenters. The van der Waals surface area contributed by atoms with Gasteiger partial charge in [-0.1, -0.05) is 0 Å². The highest BCUT2D eigenvalue weighted by Gasteiger charge is 2.14. The van der Waals surface area contributed by atoms with Gasteiger partial charge in [-0.15, -0.1) is 0 Å². The van der Waals surface area contributed by atoms with Gasteiger partial charge in [-0.2, -0.15) is 0 Å². The van der Waals surface area contributed by atoms with Crippen LogP contribution < -0.4 is 0 Å². The maximum absolute atomic E-state index is 11.5. The molecule has 0 saturated carbocycles. The van der Waals surface area contributed by atoms with Gasteiger partial charge >= 0.3 is 0 Å². The molecule has 0 spiro atoms. The van der Waals surface area contributed by atoms with Gasteiger partial charge in [0.1, 0.15) is 6.67 Å². The van der Waals surface area contributed by atoms with Crippen LogP contribution in [0.4, 0.5) is 4.39 Å². The fourth-order valence-electron chi connectivity index (χ4n) is 0.343. The fraction of sp³-hybridized carbons (Fsp3) is 1.00. The Kier molecular flexibility index (Phi) is 3.11. The van der Waals surface area contributed by atoms with Crippen molar-refractivity contribution in [2.75, 3.05) is 12.4 Å². The Labute approximate surface area is 55.0 Å². The van der Waals surface area contributed by atoms with Gasteiger partial charge in [0, 0.05) is 0 Å². The number of hydrogen-bond donors (Lipinski definition) is 0. The average Bonchev–Trinajstić information content (AvgIpc) is 1.65. The Morgan fingerprint density at radius 3 is 2.00 bits per heavy atom. The number of hydrogen-bond acceptors (Lipinski definition) is 2. The lowest BCUT2D eigenvalue weighted by molar-refractivity contribution is 0.515. The van der Waals surface area contributed by atoms with E-state index in [2.05, 4.69) is 0 Å². The van der Waals surface area contributed by atoms with Crippen LogP contribution in [-0.4, -0.2) is 26.1 Å². The van der Waals surface area contributed by atoms with Crippen molar-refractivity contribution in [1.29, 1.82) is 0 Å². The number of sulfone groups is 1. The third-order valence-corrected chi connectivity index (χ3v) is 3.24. The zero-order valence-electron chi connectivity index (χ0n) is 5.59. The Hall–Kier alpha value is -0.120. The van der Waals surface area contributed by atoms with Crippen molar-refractivity contribution >= 4 is 9.84 Å². The molecule has 0 aromatic carbocycles. The predicted octanol–water partition coefficient (Wildman–Crippen LogP) is 0.779.